The zero-order valence-electron chi connectivity index (χ0n) is 15.7. The number of nitrogens with one attached hydrogen (secondary N) is 2. The molecule has 29 heavy (non-hydrogen) atoms. The van der Waals surface area contributed by atoms with Crippen LogP contribution in [0.4, 0.5) is 11.4 Å². The summed E-state index contributed by atoms with van der Waals surface area (Å²) in [7, 11) is 2.91. The molecule has 0 fully saturated rings. The minimum Gasteiger partial charge on any atom is -0.493 e. The summed E-state index contributed by atoms with van der Waals surface area (Å²) in [6.07, 6.45) is -0.798. The fourth-order valence-corrected chi connectivity index (χ4v) is 3.36. The minimum atomic E-state index is -0.731. The number of carbonyl (C=O) groups excluding carboxylic acids is 3. The zero-order chi connectivity index (χ0) is 20.5. The molecule has 1 atom stereocenters. The fourth-order valence-electron chi connectivity index (χ4n) is 3.36. The van der Waals surface area contributed by atoms with Crippen LogP contribution >= 0.6 is 0 Å². The number of benzene rings is 2. The van der Waals surface area contributed by atoms with Gasteiger partial charge >= 0.3 is 5.97 Å². The molecule has 2 aliphatic heterocycles. The van der Waals surface area contributed by atoms with E-state index in [-0.39, 0.29) is 36.2 Å². The van der Waals surface area contributed by atoms with Crippen molar-refractivity contribution in [3.63, 3.8) is 0 Å². The summed E-state index contributed by atoms with van der Waals surface area (Å²) in [5, 5.41) is 5.43. The summed E-state index contributed by atoms with van der Waals surface area (Å²) in [6, 6.07) is 8.27. The Hall–Kier alpha value is -3.75. The Balaban J connectivity index is 1.49. The molecule has 0 saturated heterocycles. The predicted octanol–water partition coefficient (Wildman–Crippen LogP) is 2.27. The first-order valence-electron chi connectivity index (χ1n) is 8.82. The summed E-state index contributed by atoms with van der Waals surface area (Å²) >= 11 is 0. The lowest BCUT2D eigenvalue weighted by Crippen LogP contribution is -2.25. The molecule has 9 nitrogen and oxygen atoms in total. The van der Waals surface area contributed by atoms with Gasteiger partial charge in [-0.3, -0.25) is 9.59 Å². The molecule has 150 valence electrons. The maximum absolute atomic E-state index is 12.5. The van der Waals surface area contributed by atoms with Gasteiger partial charge in [-0.2, -0.15) is 0 Å². The molecule has 2 N–H and O–H groups in total. The topological polar surface area (TPSA) is 112 Å². The third-order valence-corrected chi connectivity index (χ3v) is 4.65. The maximum Gasteiger partial charge on any atom is 0.343 e. The number of ether oxygens (including phenoxy) is 4. The van der Waals surface area contributed by atoms with E-state index in [2.05, 4.69) is 10.6 Å². The molecule has 2 amide bonds. The van der Waals surface area contributed by atoms with Gasteiger partial charge in [-0.1, -0.05) is 6.07 Å². The van der Waals surface area contributed by atoms with Crippen molar-refractivity contribution in [2.75, 3.05) is 31.5 Å². The van der Waals surface area contributed by atoms with Gasteiger partial charge in [0.25, 0.3) is 5.91 Å². The van der Waals surface area contributed by atoms with Crippen LogP contribution in [0.5, 0.6) is 17.2 Å². The van der Waals surface area contributed by atoms with Crippen LogP contribution < -0.4 is 24.8 Å². The molecule has 0 radical (unpaired) electrons. The second-order valence-electron chi connectivity index (χ2n) is 6.46. The van der Waals surface area contributed by atoms with Crippen molar-refractivity contribution in [1.29, 1.82) is 0 Å². The number of cyclic esters (lactones) is 1. The molecule has 0 aromatic heterocycles. The highest BCUT2D eigenvalue weighted by atomic mass is 16.6. The van der Waals surface area contributed by atoms with E-state index in [0.717, 1.165) is 0 Å². The van der Waals surface area contributed by atoms with Crippen LogP contribution in [0.2, 0.25) is 0 Å². The predicted molar refractivity (Wildman–Crippen MR) is 102 cm³/mol. The number of methoxy groups -OCH3 is 2. The summed E-state index contributed by atoms with van der Waals surface area (Å²) < 4.78 is 21.2. The van der Waals surface area contributed by atoms with E-state index >= 15 is 0 Å². The van der Waals surface area contributed by atoms with Crippen LogP contribution in [0.1, 0.15) is 28.4 Å². The van der Waals surface area contributed by atoms with Gasteiger partial charge in [0, 0.05) is 17.3 Å². The first kappa shape index (κ1) is 18.6. The van der Waals surface area contributed by atoms with Gasteiger partial charge in [0.2, 0.25) is 5.91 Å². The normalized spacial score (nSPS) is 16.7. The molecular weight excluding hydrogens is 380 g/mol. The lowest BCUT2D eigenvalue weighted by atomic mass is 10.0. The SMILES string of the molecule is COc1ccc2c(c1OC)C(=O)O[C@@H]2CC(=O)Nc1ccc2c(c1)OCC(=O)N2. The summed E-state index contributed by atoms with van der Waals surface area (Å²) in [5.41, 5.74) is 1.88. The van der Waals surface area contributed by atoms with Crippen molar-refractivity contribution in [2.45, 2.75) is 12.5 Å². The molecule has 9 heteroatoms. The van der Waals surface area contributed by atoms with Gasteiger partial charge < -0.3 is 29.6 Å². The first-order valence-corrected chi connectivity index (χ1v) is 8.82. The third-order valence-electron chi connectivity index (χ3n) is 4.65. The van der Waals surface area contributed by atoms with Crippen LogP contribution in [-0.4, -0.2) is 38.6 Å². The minimum absolute atomic E-state index is 0.0666. The second-order valence-corrected chi connectivity index (χ2v) is 6.46. The number of carbonyl (C=O) groups is 3. The monoisotopic (exact) mass is 398 g/mol. The van der Waals surface area contributed by atoms with Crippen molar-refractivity contribution in [3.8, 4) is 17.2 Å². The van der Waals surface area contributed by atoms with Gasteiger partial charge in [-0.15, -0.1) is 0 Å². The van der Waals surface area contributed by atoms with Gasteiger partial charge in [0.05, 0.1) is 26.3 Å². The number of fused-ring (bicyclic) bond motifs is 2. The van der Waals surface area contributed by atoms with E-state index in [1.165, 1.54) is 14.2 Å². The first-order chi connectivity index (χ1) is 14.0. The van der Waals surface area contributed by atoms with E-state index in [4.69, 9.17) is 18.9 Å². The summed E-state index contributed by atoms with van der Waals surface area (Å²) in [6.45, 7) is -0.0789. The number of rotatable bonds is 5. The molecule has 0 aliphatic carbocycles. The standard InChI is InChI=1S/C20H18N2O7/c1-26-13-6-4-11-14(29-20(25)18(11)19(13)27-2)8-16(23)21-10-3-5-12-15(7-10)28-9-17(24)22-12/h3-7,14H,8-9H2,1-2H3,(H,21,23)(H,22,24)/t14-/m1/s1. The van der Waals surface area contributed by atoms with Gasteiger partial charge in [0.15, 0.2) is 18.1 Å². The lowest BCUT2D eigenvalue weighted by Gasteiger charge is -2.19. The van der Waals surface area contributed by atoms with E-state index in [1.807, 2.05) is 0 Å². The quantitative estimate of drug-likeness (QED) is 0.743. The van der Waals surface area contributed by atoms with Gasteiger partial charge in [-0.05, 0) is 18.2 Å². The van der Waals surface area contributed by atoms with E-state index in [0.29, 0.717) is 28.4 Å². The molecule has 0 bridgehead atoms. The number of hydrogen-bond donors (Lipinski definition) is 2. The average molecular weight is 398 g/mol. The number of anilines is 2. The van der Waals surface area contributed by atoms with Crippen LogP contribution in [0.25, 0.3) is 0 Å². The van der Waals surface area contributed by atoms with Crippen molar-refractivity contribution in [3.05, 3.63) is 41.5 Å². The molecular formula is C20H18N2O7. The Morgan fingerprint density at radius 3 is 2.79 bits per heavy atom. The molecule has 4 rings (SSSR count). The summed E-state index contributed by atoms with van der Waals surface area (Å²) in [4.78, 5) is 36.2. The molecule has 2 aliphatic rings. The van der Waals surface area contributed by atoms with Crippen LogP contribution in [-0.2, 0) is 14.3 Å². The Kier molecular flexibility index (Phi) is 4.71. The van der Waals surface area contributed by atoms with E-state index in [1.54, 1.807) is 30.3 Å². The van der Waals surface area contributed by atoms with Crippen molar-refractivity contribution in [1.82, 2.24) is 0 Å². The average Bonchev–Trinajstić information content (AvgIpc) is 3.02. The molecule has 2 heterocycles. The van der Waals surface area contributed by atoms with Crippen molar-refractivity contribution < 1.29 is 33.3 Å². The van der Waals surface area contributed by atoms with Crippen LogP contribution in [0.15, 0.2) is 30.3 Å². The number of esters is 1. The smallest absolute Gasteiger partial charge is 0.343 e. The highest BCUT2D eigenvalue weighted by molar-refractivity contribution is 6.00. The van der Waals surface area contributed by atoms with Crippen LogP contribution in [0, 0.1) is 0 Å². The van der Waals surface area contributed by atoms with E-state index in [9.17, 15) is 14.4 Å². The van der Waals surface area contributed by atoms with Gasteiger partial charge in [-0.25, -0.2) is 4.79 Å². The fraction of sp³-hybridized carbons (Fsp3) is 0.250. The van der Waals surface area contributed by atoms with Gasteiger partial charge in [0.1, 0.15) is 17.4 Å². The summed E-state index contributed by atoms with van der Waals surface area (Å²) in [5.74, 6) is 0.0258. The van der Waals surface area contributed by atoms with Crippen molar-refractivity contribution >= 4 is 29.2 Å². The molecule has 0 unspecified atom stereocenters. The number of amides is 2. The Labute approximate surface area is 165 Å². The Morgan fingerprint density at radius 2 is 2.03 bits per heavy atom. The Morgan fingerprint density at radius 1 is 1.21 bits per heavy atom. The maximum atomic E-state index is 12.5. The lowest BCUT2D eigenvalue weighted by molar-refractivity contribution is -0.119. The molecule has 2 aromatic rings. The van der Waals surface area contributed by atoms with Crippen molar-refractivity contribution in [2.24, 2.45) is 0 Å². The number of hydrogen-bond acceptors (Lipinski definition) is 7. The largest absolute Gasteiger partial charge is 0.493 e. The third kappa shape index (κ3) is 3.42. The van der Waals surface area contributed by atoms with Crippen LogP contribution in [0.3, 0.4) is 0 Å². The highest BCUT2D eigenvalue weighted by Crippen LogP contribution is 2.43. The van der Waals surface area contributed by atoms with E-state index < -0.39 is 12.1 Å². The highest BCUT2D eigenvalue weighted by Gasteiger charge is 2.36. The second kappa shape index (κ2) is 7.34. The molecule has 0 spiro atoms. The zero-order valence-corrected chi connectivity index (χ0v) is 15.7. The molecule has 2 aromatic carbocycles. The molecule has 0 saturated carbocycles. The Bertz CT molecular complexity index is 1020.